The van der Waals surface area contributed by atoms with Gasteiger partial charge in [-0.1, -0.05) is 51.0 Å². The molecule has 3 aliphatic carbocycles. The molecule has 232 valence electrons. The van der Waals surface area contributed by atoms with Crippen LogP contribution in [-0.4, -0.2) is 33.9 Å². The number of fused-ring (bicyclic) bond motifs is 1. The molecule has 4 rings (SSSR count). The number of nitrogens with one attached hydrogen (secondary N) is 1. The number of aliphatic hydroxyl groups excluding tert-OH is 1. The van der Waals surface area contributed by atoms with E-state index in [0.717, 1.165) is 55.4 Å². The fraction of sp³-hybridized carbons (Fsp3) is 0.629. The molecule has 1 amide bonds. The van der Waals surface area contributed by atoms with Gasteiger partial charge in [0, 0.05) is 5.56 Å². The molecule has 0 spiro atoms. The van der Waals surface area contributed by atoms with Gasteiger partial charge in [-0.3, -0.25) is 4.79 Å². The molecule has 1 aromatic rings. The Balaban J connectivity index is 1.43. The van der Waals surface area contributed by atoms with Crippen LogP contribution in [0.25, 0.3) is 0 Å². The summed E-state index contributed by atoms with van der Waals surface area (Å²) in [5.41, 5.74) is 2.08. The Morgan fingerprint density at radius 1 is 1.19 bits per heavy atom. The van der Waals surface area contributed by atoms with Crippen molar-refractivity contribution < 1.29 is 28.2 Å². The van der Waals surface area contributed by atoms with Crippen molar-refractivity contribution in [1.82, 2.24) is 5.32 Å². The molecule has 0 aromatic heterocycles. The lowest BCUT2D eigenvalue weighted by Crippen LogP contribution is -2.42. The summed E-state index contributed by atoms with van der Waals surface area (Å²) in [6.07, 6.45) is 8.83. The fourth-order valence-electron chi connectivity index (χ4n) is 7.96. The van der Waals surface area contributed by atoms with Crippen LogP contribution in [-0.2, 0) is 6.18 Å². The van der Waals surface area contributed by atoms with Crippen molar-refractivity contribution in [1.29, 1.82) is 0 Å². The third-order valence-corrected chi connectivity index (χ3v) is 10.2. The molecule has 7 heteroatoms. The Kier molecular flexibility index (Phi) is 9.83. The highest BCUT2D eigenvalue weighted by Gasteiger charge is 2.50. The predicted octanol–water partition coefficient (Wildman–Crippen LogP) is 8.16. The maximum Gasteiger partial charge on any atom is 0.416 e. The molecule has 0 heterocycles. The minimum Gasteiger partial charge on any atom is -0.393 e. The number of benzene rings is 1. The van der Waals surface area contributed by atoms with Gasteiger partial charge in [-0.15, -0.1) is 0 Å². The minimum absolute atomic E-state index is 0.134. The van der Waals surface area contributed by atoms with Gasteiger partial charge in [0.25, 0.3) is 5.91 Å². The van der Waals surface area contributed by atoms with Crippen LogP contribution in [0, 0.1) is 23.2 Å². The molecule has 4 nitrogen and oxygen atoms in total. The number of amides is 1. The number of carbonyl (C=O) groups excluding carboxylic acids is 1. The van der Waals surface area contributed by atoms with Crippen molar-refractivity contribution in [3.05, 3.63) is 70.8 Å². The second-order valence-electron chi connectivity index (χ2n) is 13.9. The highest BCUT2D eigenvalue weighted by molar-refractivity contribution is 5.94. The lowest BCUT2D eigenvalue weighted by Gasteiger charge is -2.44. The molecule has 3 fully saturated rings. The molecule has 0 radical (unpaired) electrons. The van der Waals surface area contributed by atoms with Crippen molar-refractivity contribution >= 4 is 5.91 Å². The average molecular weight is 588 g/mol. The van der Waals surface area contributed by atoms with Crippen molar-refractivity contribution in [3.63, 3.8) is 0 Å². The SMILES string of the molecule is C=C1/C(=C\C=C2/CCC[C@]3(C)[C@@H]([C@H](C)CCCC(C)(C)O)CC[C@@H]23)C[C@@H](O)CC1NC(=O)c1ccc(C(F)(F)F)cc1. The summed E-state index contributed by atoms with van der Waals surface area (Å²) in [4.78, 5) is 12.8. The normalized spacial score (nSPS) is 31.3. The molecule has 0 aliphatic heterocycles. The van der Waals surface area contributed by atoms with Crippen LogP contribution < -0.4 is 5.32 Å². The third-order valence-electron chi connectivity index (χ3n) is 10.2. The number of carbonyl (C=O) groups is 1. The van der Waals surface area contributed by atoms with Crippen LogP contribution in [0.3, 0.4) is 0 Å². The van der Waals surface area contributed by atoms with Gasteiger partial charge >= 0.3 is 6.18 Å². The van der Waals surface area contributed by atoms with Crippen LogP contribution in [0.5, 0.6) is 0 Å². The standard InChI is InChI=1S/C35H48F3NO3/c1-22(8-6-18-33(3,4)42)29-16-17-30-24(9-7-19-34(29,30)5)10-11-26-20-28(40)21-31(23(26)2)39-32(41)25-12-14-27(15-13-25)35(36,37)38/h10-15,22,28-31,40,42H,2,6-9,16-21H2,1,3-5H3,(H,39,41)/b24-10+,26-11-/t22-,28-,29-,30+,31?,34-/m1/s1. The molecule has 0 saturated heterocycles. The summed E-state index contributed by atoms with van der Waals surface area (Å²) in [6, 6.07) is 3.65. The van der Waals surface area contributed by atoms with Gasteiger partial charge in [0.05, 0.1) is 23.3 Å². The topological polar surface area (TPSA) is 69.6 Å². The number of aliphatic hydroxyl groups is 2. The van der Waals surface area contributed by atoms with E-state index in [0.29, 0.717) is 30.6 Å². The molecule has 42 heavy (non-hydrogen) atoms. The smallest absolute Gasteiger partial charge is 0.393 e. The zero-order valence-corrected chi connectivity index (χ0v) is 25.6. The molecule has 0 bridgehead atoms. The van der Waals surface area contributed by atoms with Crippen LogP contribution in [0.2, 0.25) is 0 Å². The number of hydrogen-bond donors (Lipinski definition) is 3. The van der Waals surface area contributed by atoms with Crippen LogP contribution in [0.1, 0.15) is 108 Å². The van der Waals surface area contributed by atoms with Crippen molar-refractivity contribution in [2.75, 3.05) is 0 Å². The Morgan fingerprint density at radius 3 is 2.52 bits per heavy atom. The van der Waals surface area contributed by atoms with Crippen molar-refractivity contribution in [3.8, 4) is 0 Å². The maximum absolute atomic E-state index is 12.9. The van der Waals surface area contributed by atoms with Crippen LogP contribution in [0.15, 0.2) is 59.7 Å². The fourth-order valence-corrected chi connectivity index (χ4v) is 7.96. The van der Waals surface area contributed by atoms with Gasteiger partial charge in [-0.25, -0.2) is 0 Å². The number of hydrogen-bond acceptors (Lipinski definition) is 3. The zero-order valence-electron chi connectivity index (χ0n) is 25.6. The summed E-state index contributed by atoms with van der Waals surface area (Å²) >= 11 is 0. The van der Waals surface area contributed by atoms with Gasteiger partial charge < -0.3 is 15.5 Å². The number of halogens is 3. The average Bonchev–Trinajstić information content (AvgIpc) is 3.26. The quantitative estimate of drug-likeness (QED) is 0.287. The van der Waals surface area contributed by atoms with E-state index in [1.165, 1.54) is 37.0 Å². The van der Waals surface area contributed by atoms with E-state index < -0.39 is 35.4 Å². The van der Waals surface area contributed by atoms with Crippen molar-refractivity contribution in [2.45, 2.75) is 116 Å². The number of alkyl halides is 3. The molecular formula is C35H48F3NO3. The molecule has 3 aliphatic rings. The third kappa shape index (κ3) is 7.57. The molecule has 1 unspecified atom stereocenters. The maximum atomic E-state index is 12.9. The first-order chi connectivity index (χ1) is 19.6. The number of allylic oxidation sites excluding steroid dienone is 3. The van der Waals surface area contributed by atoms with Crippen LogP contribution >= 0.6 is 0 Å². The van der Waals surface area contributed by atoms with E-state index >= 15 is 0 Å². The lowest BCUT2D eigenvalue weighted by molar-refractivity contribution is -0.137. The van der Waals surface area contributed by atoms with Gasteiger partial charge in [-0.2, -0.15) is 13.2 Å². The van der Waals surface area contributed by atoms with Gasteiger partial charge in [0.1, 0.15) is 0 Å². The highest BCUT2D eigenvalue weighted by Crippen LogP contribution is 2.60. The van der Waals surface area contributed by atoms with E-state index in [2.05, 4.69) is 37.9 Å². The van der Waals surface area contributed by atoms with E-state index in [-0.39, 0.29) is 11.0 Å². The van der Waals surface area contributed by atoms with E-state index in [4.69, 9.17) is 0 Å². The molecular weight excluding hydrogens is 539 g/mol. The minimum atomic E-state index is -4.46. The summed E-state index contributed by atoms with van der Waals surface area (Å²) in [5, 5.41) is 23.6. The predicted molar refractivity (Wildman–Crippen MR) is 161 cm³/mol. The zero-order chi connectivity index (χ0) is 30.9. The Hall–Kier alpha value is -2.38. The first-order valence-corrected chi connectivity index (χ1v) is 15.6. The molecule has 3 N–H and O–H groups in total. The summed E-state index contributed by atoms with van der Waals surface area (Å²) in [7, 11) is 0. The molecule has 3 saturated carbocycles. The number of rotatable bonds is 8. The Labute approximate surface area is 249 Å². The van der Waals surface area contributed by atoms with Gasteiger partial charge in [0.2, 0.25) is 0 Å². The largest absolute Gasteiger partial charge is 0.416 e. The summed E-state index contributed by atoms with van der Waals surface area (Å²) < 4.78 is 38.7. The van der Waals surface area contributed by atoms with Crippen molar-refractivity contribution in [2.24, 2.45) is 23.2 Å². The summed E-state index contributed by atoms with van der Waals surface area (Å²) in [5.74, 6) is 1.32. The first kappa shape index (κ1) is 32.5. The molecule has 1 aromatic carbocycles. The summed E-state index contributed by atoms with van der Waals surface area (Å²) in [6.45, 7) is 12.9. The van der Waals surface area contributed by atoms with E-state index in [1.807, 2.05) is 13.8 Å². The van der Waals surface area contributed by atoms with E-state index in [1.54, 1.807) is 0 Å². The first-order valence-electron chi connectivity index (χ1n) is 15.6. The van der Waals surface area contributed by atoms with Crippen LogP contribution in [0.4, 0.5) is 13.2 Å². The van der Waals surface area contributed by atoms with E-state index in [9.17, 15) is 28.2 Å². The second-order valence-corrected chi connectivity index (χ2v) is 13.9. The second kappa shape index (κ2) is 12.7. The lowest BCUT2D eigenvalue weighted by atomic mass is 9.60. The highest BCUT2D eigenvalue weighted by atomic mass is 19.4. The van der Waals surface area contributed by atoms with Gasteiger partial charge in [0.15, 0.2) is 0 Å². The monoisotopic (exact) mass is 587 g/mol. The molecule has 6 atom stereocenters. The Bertz CT molecular complexity index is 1190. The Morgan fingerprint density at radius 2 is 1.88 bits per heavy atom. The van der Waals surface area contributed by atoms with Gasteiger partial charge in [-0.05, 0) is 124 Å².